The molecule has 0 aliphatic heterocycles. The number of benzene rings is 2. The fraction of sp³-hybridized carbons (Fsp3) is 0.263. The molecule has 0 aliphatic carbocycles. The Morgan fingerprint density at radius 2 is 1.81 bits per heavy atom. The molecule has 0 unspecified atom stereocenters. The summed E-state index contributed by atoms with van der Waals surface area (Å²) in [4.78, 5) is 23.2. The van der Waals surface area contributed by atoms with E-state index in [9.17, 15) is 14.0 Å². The lowest BCUT2D eigenvalue weighted by Gasteiger charge is -2.08. The van der Waals surface area contributed by atoms with Crippen LogP contribution >= 0.6 is 0 Å². The first-order valence-corrected chi connectivity index (χ1v) is 8.00. The van der Waals surface area contributed by atoms with Crippen molar-refractivity contribution in [2.75, 3.05) is 26.9 Å². The molecule has 0 heterocycles. The molecule has 0 fully saturated rings. The molecule has 0 spiro atoms. The van der Waals surface area contributed by atoms with Crippen LogP contribution in [0.5, 0.6) is 11.5 Å². The monoisotopic (exact) mass is 361 g/mol. The molecule has 0 bridgehead atoms. The highest BCUT2D eigenvalue weighted by molar-refractivity contribution is 5.80. The van der Waals surface area contributed by atoms with Crippen LogP contribution < -0.4 is 14.8 Å². The molecule has 2 aromatic rings. The average molecular weight is 361 g/mol. The van der Waals surface area contributed by atoms with Crippen molar-refractivity contribution in [3.63, 3.8) is 0 Å². The molecular formula is C19H20FNO5. The van der Waals surface area contributed by atoms with Crippen molar-refractivity contribution in [1.29, 1.82) is 0 Å². The van der Waals surface area contributed by atoms with E-state index in [1.807, 2.05) is 24.3 Å². The molecule has 138 valence electrons. The summed E-state index contributed by atoms with van der Waals surface area (Å²) in [6.45, 7) is -0.376. The summed E-state index contributed by atoms with van der Waals surface area (Å²) in [5.74, 6) is -0.597. The Kier molecular flexibility index (Phi) is 7.42. The Bertz CT molecular complexity index is 733. The number of nitrogens with one attached hydrogen (secondary N) is 1. The van der Waals surface area contributed by atoms with Crippen LogP contribution in [-0.2, 0) is 20.7 Å². The van der Waals surface area contributed by atoms with Gasteiger partial charge in [-0.25, -0.2) is 9.18 Å². The zero-order valence-electron chi connectivity index (χ0n) is 14.4. The summed E-state index contributed by atoms with van der Waals surface area (Å²) in [5.41, 5.74) is 1.05. The normalized spacial score (nSPS) is 10.1. The van der Waals surface area contributed by atoms with Gasteiger partial charge in [-0.15, -0.1) is 0 Å². The van der Waals surface area contributed by atoms with E-state index in [2.05, 4.69) is 5.32 Å². The zero-order valence-corrected chi connectivity index (χ0v) is 14.4. The topological polar surface area (TPSA) is 73.9 Å². The van der Waals surface area contributed by atoms with E-state index in [0.717, 1.165) is 17.4 Å². The third-order valence-electron chi connectivity index (χ3n) is 3.41. The highest BCUT2D eigenvalue weighted by atomic mass is 19.1. The first-order valence-electron chi connectivity index (χ1n) is 8.00. The van der Waals surface area contributed by atoms with Crippen molar-refractivity contribution in [2.24, 2.45) is 0 Å². The Labute approximate surface area is 150 Å². The van der Waals surface area contributed by atoms with Gasteiger partial charge in [0.2, 0.25) is 0 Å². The summed E-state index contributed by atoms with van der Waals surface area (Å²) in [5, 5.41) is 2.66. The maximum atomic E-state index is 13.0. The Morgan fingerprint density at radius 1 is 1.04 bits per heavy atom. The van der Waals surface area contributed by atoms with Crippen LogP contribution in [0.4, 0.5) is 4.39 Å². The van der Waals surface area contributed by atoms with Crippen molar-refractivity contribution in [3.8, 4) is 11.5 Å². The number of ether oxygens (including phenoxy) is 3. The number of esters is 1. The lowest BCUT2D eigenvalue weighted by molar-refractivity contribution is -0.150. The van der Waals surface area contributed by atoms with Crippen molar-refractivity contribution in [3.05, 3.63) is 59.9 Å². The Morgan fingerprint density at radius 3 is 2.50 bits per heavy atom. The van der Waals surface area contributed by atoms with Gasteiger partial charge >= 0.3 is 5.97 Å². The van der Waals surface area contributed by atoms with Crippen LogP contribution in [0.25, 0.3) is 0 Å². The van der Waals surface area contributed by atoms with Crippen LogP contribution in [0.1, 0.15) is 5.56 Å². The first-order chi connectivity index (χ1) is 12.6. The largest absolute Gasteiger partial charge is 0.497 e. The number of carbonyl (C=O) groups excluding carboxylic acids is 2. The predicted molar refractivity (Wildman–Crippen MR) is 92.6 cm³/mol. The van der Waals surface area contributed by atoms with E-state index in [4.69, 9.17) is 14.2 Å². The molecule has 0 atom stereocenters. The van der Waals surface area contributed by atoms with Gasteiger partial charge in [-0.2, -0.15) is 0 Å². The molecule has 6 nitrogen and oxygen atoms in total. The molecule has 0 saturated carbocycles. The third-order valence-corrected chi connectivity index (χ3v) is 3.41. The minimum Gasteiger partial charge on any atom is -0.497 e. The van der Waals surface area contributed by atoms with Gasteiger partial charge in [0.1, 0.15) is 17.3 Å². The molecule has 0 aromatic heterocycles. The van der Waals surface area contributed by atoms with Crippen LogP contribution in [0.2, 0.25) is 0 Å². The van der Waals surface area contributed by atoms with E-state index >= 15 is 0 Å². The zero-order chi connectivity index (χ0) is 18.8. The summed E-state index contributed by atoms with van der Waals surface area (Å²) >= 11 is 0. The van der Waals surface area contributed by atoms with E-state index in [1.165, 1.54) is 18.2 Å². The van der Waals surface area contributed by atoms with Crippen molar-refractivity contribution in [1.82, 2.24) is 5.32 Å². The fourth-order valence-electron chi connectivity index (χ4n) is 2.08. The number of hydrogen-bond acceptors (Lipinski definition) is 5. The second-order valence-corrected chi connectivity index (χ2v) is 5.35. The minimum absolute atomic E-state index is 0.214. The third kappa shape index (κ3) is 6.80. The van der Waals surface area contributed by atoms with E-state index < -0.39 is 30.9 Å². The molecular weight excluding hydrogens is 341 g/mol. The molecule has 2 aromatic carbocycles. The molecule has 0 radical (unpaired) electrons. The van der Waals surface area contributed by atoms with E-state index in [-0.39, 0.29) is 5.75 Å². The SMILES string of the molecule is COc1ccc(CCNC(=O)COC(=O)COc2cccc(F)c2)cc1. The molecule has 1 N–H and O–H groups in total. The highest BCUT2D eigenvalue weighted by Gasteiger charge is 2.08. The van der Waals surface area contributed by atoms with Gasteiger partial charge in [-0.1, -0.05) is 18.2 Å². The first kappa shape index (κ1) is 19.2. The highest BCUT2D eigenvalue weighted by Crippen LogP contribution is 2.12. The number of hydrogen-bond donors (Lipinski definition) is 1. The summed E-state index contributed by atoms with van der Waals surface area (Å²) in [7, 11) is 1.60. The van der Waals surface area contributed by atoms with Crippen molar-refractivity contribution < 1.29 is 28.2 Å². The molecule has 2 rings (SSSR count). The van der Waals surface area contributed by atoms with Crippen molar-refractivity contribution >= 4 is 11.9 Å². The van der Waals surface area contributed by atoms with Crippen molar-refractivity contribution in [2.45, 2.75) is 6.42 Å². The average Bonchev–Trinajstić information content (AvgIpc) is 2.65. The minimum atomic E-state index is -0.709. The lowest BCUT2D eigenvalue weighted by atomic mass is 10.1. The molecule has 1 amide bonds. The predicted octanol–water partition coefficient (Wildman–Crippen LogP) is 2.12. The van der Waals surface area contributed by atoms with E-state index in [1.54, 1.807) is 7.11 Å². The summed E-state index contributed by atoms with van der Waals surface area (Å²) in [6, 6.07) is 12.9. The molecule has 7 heteroatoms. The van der Waals surface area contributed by atoms with E-state index in [0.29, 0.717) is 13.0 Å². The number of halogens is 1. The number of amides is 1. The number of methoxy groups -OCH3 is 1. The lowest BCUT2D eigenvalue weighted by Crippen LogP contribution is -2.31. The maximum Gasteiger partial charge on any atom is 0.344 e. The van der Waals surface area contributed by atoms with Crippen LogP contribution in [-0.4, -0.2) is 38.7 Å². The van der Waals surface area contributed by atoms with Gasteiger partial charge in [-0.05, 0) is 36.2 Å². The molecule has 0 saturated heterocycles. The number of carbonyl (C=O) groups is 2. The molecule has 26 heavy (non-hydrogen) atoms. The second kappa shape index (κ2) is 10.0. The van der Waals surface area contributed by atoms with Gasteiger partial charge in [0, 0.05) is 12.6 Å². The smallest absolute Gasteiger partial charge is 0.344 e. The van der Waals surface area contributed by atoms with Crippen LogP contribution in [0.3, 0.4) is 0 Å². The van der Waals surface area contributed by atoms with Crippen LogP contribution in [0.15, 0.2) is 48.5 Å². The van der Waals surface area contributed by atoms with Crippen LogP contribution in [0, 0.1) is 5.82 Å². The van der Waals surface area contributed by atoms with Gasteiger partial charge in [0.25, 0.3) is 5.91 Å². The fourth-order valence-corrected chi connectivity index (χ4v) is 2.08. The summed E-state index contributed by atoms with van der Waals surface area (Å²) in [6.07, 6.45) is 0.645. The Hall–Kier alpha value is -3.09. The molecule has 0 aliphatic rings. The van der Waals surface area contributed by atoms with Gasteiger partial charge in [0.05, 0.1) is 7.11 Å². The van der Waals surface area contributed by atoms with Gasteiger partial charge in [-0.3, -0.25) is 4.79 Å². The quantitative estimate of drug-likeness (QED) is 0.693. The second-order valence-electron chi connectivity index (χ2n) is 5.35. The van der Waals surface area contributed by atoms with Gasteiger partial charge in [0.15, 0.2) is 13.2 Å². The maximum absolute atomic E-state index is 13.0. The summed E-state index contributed by atoms with van der Waals surface area (Å²) < 4.78 is 27.9. The number of rotatable bonds is 9. The van der Waals surface area contributed by atoms with Gasteiger partial charge < -0.3 is 19.5 Å². The standard InChI is InChI=1S/C19H20FNO5/c1-24-16-7-5-14(6-8-16)9-10-21-18(22)12-26-19(23)13-25-17-4-2-3-15(20)11-17/h2-8,11H,9-10,12-13H2,1H3,(H,21,22). The Balaban J connectivity index is 1.60.